The van der Waals surface area contributed by atoms with E-state index in [4.69, 9.17) is 15.5 Å². The summed E-state index contributed by atoms with van der Waals surface area (Å²) in [5.41, 5.74) is 13.3. The van der Waals surface area contributed by atoms with Gasteiger partial charge in [-0.05, 0) is 72.7 Å². The van der Waals surface area contributed by atoms with E-state index in [9.17, 15) is 14.4 Å². The van der Waals surface area contributed by atoms with Gasteiger partial charge in [0.2, 0.25) is 11.8 Å². The molecule has 3 amide bonds. The highest BCUT2D eigenvalue weighted by Crippen LogP contribution is 2.34. The molecule has 0 spiro atoms. The minimum Gasteiger partial charge on any atom is -0.453 e. The molecule has 1 unspecified atom stereocenters. The number of methoxy groups -OCH3 is 1. The number of carbonyl (C=O) groups is 3. The molecule has 2 fully saturated rings. The topological polar surface area (TPSA) is 162 Å². The molecule has 4 atom stereocenters. The molecule has 8 rings (SSSR count). The van der Waals surface area contributed by atoms with Crippen molar-refractivity contribution < 1.29 is 19.1 Å². The summed E-state index contributed by atoms with van der Waals surface area (Å²) >= 11 is 0. The standard InChI is InChI=1S/C45H44N8O4/c1-57-45(56)51-36(27-30-10-4-2-5-11-30)43(54)52-24-9-15-39(52)42-48-34-23-20-31(26-35(34)49-42)17-16-29-18-21-32(22-19-29)37-28-47-41(50-37)38-14-8-25-53(38)44(55)40(46)33-12-6-3-7-13-33/h2-7,10-13,18-23,26,28,36,38-40H,8-9,14-15,24-25,27,46H2,1H3,(H,47,50)(H,48,49)(H,51,56)/t36-,38-,39-,40?/m0/s1. The number of nitrogens with zero attached hydrogens (tertiary/aromatic N) is 4. The van der Waals surface area contributed by atoms with Crippen molar-refractivity contribution in [1.29, 1.82) is 0 Å². The number of benzene rings is 4. The zero-order valence-corrected chi connectivity index (χ0v) is 31.7. The smallest absolute Gasteiger partial charge is 0.407 e. The molecule has 12 heteroatoms. The van der Waals surface area contributed by atoms with Crippen LogP contribution >= 0.6 is 0 Å². The molecule has 2 saturated heterocycles. The summed E-state index contributed by atoms with van der Waals surface area (Å²) in [6.45, 7) is 1.21. The molecule has 57 heavy (non-hydrogen) atoms. The quantitative estimate of drug-likeness (QED) is 0.125. The average molecular weight is 761 g/mol. The molecule has 5 N–H and O–H groups in total. The summed E-state index contributed by atoms with van der Waals surface area (Å²) < 4.78 is 4.84. The first-order valence-corrected chi connectivity index (χ1v) is 19.3. The Bertz CT molecular complexity index is 2430. The summed E-state index contributed by atoms with van der Waals surface area (Å²) in [4.78, 5) is 59.6. The Kier molecular flexibility index (Phi) is 10.8. The van der Waals surface area contributed by atoms with Crippen molar-refractivity contribution in [2.24, 2.45) is 5.73 Å². The first-order valence-electron chi connectivity index (χ1n) is 19.3. The van der Waals surface area contributed by atoms with E-state index in [1.165, 1.54) is 7.11 Å². The number of amides is 3. The molecule has 2 aliphatic heterocycles. The highest BCUT2D eigenvalue weighted by molar-refractivity contribution is 5.87. The van der Waals surface area contributed by atoms with Gasteiger partial charge in [0.15, 0.2) is 0 Å². The van der Waals surface area contributed by atoms with Crippen LogP contribution in [0.3, 0.4) is 0 Å². The van der Waals surface area contributed by atoms with E-state index in [0.717, 1.165) is 76.1 Å². The van der Waals surface area contributed by atoms with Gasteiger partial charge in [0.05, 0.1) is 42.1 Å². The van der Waals surface area contributed by atoms with Crippen LogP contribution in [0.25, 0.3) is 22.3 Å². The number of nitrogens with two attached hydrogens (primary N) is 1. The number of fused-ring (bicyclic) bond motifs is 1. The zero-order chi connectivity index (χ0) is 39.3. The zero-order valence-electron chi connectivity index (χ0n) is 31.7. The van der Waals surface area contributed by atoms with Crippen molar-refractivity contribution in [2.45, 2.75) is 56.3 Å². The minimum atomic E-state index is -0.775. The van der Waals surface area contributed by atoms with Crippen molar-refractivity contribution in [3.8, 4) is 23.1 Å². The maximum absolute atomic E-state index is 13.9. The highest BCUT2D eigenvalue weighted by atomic mass is 16.5. The Balaban J connectivity index is 0.931. The molecule has 0 bridgehead atoms. The van der Waals surface area contributed by atoms with Gasteiger partial charge in [-0.3, -0.25) is 9.59 Å². The van der Waals surface area contributed by atoms with Crippen LogP contribution < -0.4 is 11.1 Å². The number of imidazole rings is 2. The van der Waals surface area contributed by atoms with Crippen LogP contribution in [0.2, 0.25) is 0 Å². The number of alkyl carbamates (subject to hydrolysis) is 1. The number of hydrogen-bond donors (Lipinski definition) is 4. The normalized spacial score (nSPS) is 17.5. The minimum absolute atomic E-state index is 0.0941. The fourth-order valence-electron chi connectivity index (χ4n) is 7.86. The molecule has 0 radical (unpaired) electrons. The van der Waals surface area contributed by atoms with Gasteiger partial charge < -0.3 is 35.6 Å². The first kappa shape index (κ1) is 37.2. The van der Waals surface area contributed by atoms with E-state index in [1.54, 1.807) is 0 Å². The Morgan fingerprint density at radius 2 is 1.47 bits per heavy atom. The number of nitrogens with one attached hydrogen (secondary N) is 3. The molecule has 6 aromatic rings. The maximum Gasteiger partial charge on any atom is 0.407 e. The van der Waals surface area contributed by atoms with Crippen molar-refractivity contribution in [3.63, 3.8) is 0 Å². The third-order valence-corrected chi connectivity index (χ3v) is 10.8. The third-order valence-electron chi connectivity index (χ3n) is 10.8. The third kappa shape index (κ3) is 8.15. The molecule has 4 aromatic carbocycles. The number of carbonyl (C=O) groups excluding carboxylic acids is 3. The van der Waals surface area contributed by atoms with Crippen LogP contribution in [0, 0.1) is 11.8 Å². The highest BCUT2D eigenvalue weighted by Gasteiger charge is 2.37. The van der Waals surface area contributed by atoms with Crippen LogP contribution in [-0.4, -0.2) is 73.9 Å². The summed E-state index contributed by atoms with van der Waals surface area (Å²) in [6, 6.07) is 31.0. The lowest BCUT2D eigenvalue weighted by Gasteiger charge is -2.28. The van der Waals surface area contributed by atoms with Gasteiger partial charge >= 0.3 is 6.09 Å². The molecule has 0 saturated carbocycles. The van der Waals surface area contributed by atoms with Crippen LogP contribution in [0.15, 0.2) is 109 Å². The molecule has 4 heterocycles. The Labute approximate surface area is 330 Å². The van der Waals surface area contributed by atoms with Crippen LogP contribution in [0.4, 0.5) is 4.79 Å². The SMILES string of the molecule is COC(=O)N[C@@H](Cc1ccccc1)C(=O)N1CCC[C@H]1c1nc2ccc(C#Cc3ccc(-c4cnc([C@@H]5CCCN5C(=O)C(N)c5ccccc5)[nH]4)cc3)cc2[nH]1. The molecular formula is C45H44N8O4. The summed E-state index contributed by atoms with van der Waals surface area (Å²) in [5, 5.41) is 2.74. The second kappa shape index (κ2) is 16.6. The van der Waals surface area contributed by atoms with Gasteiger partial charge in [0.25, 0.3) is 0 Å². The van der Waals surface area contributed by atoms with Gasteiger partial charge in [-0.15, -0.1) is 0 Å². The van der Waals surface area contributed by atoms with Gasteiger partial charge in [-0.25, -0.2) is 14.8 Å². The molecule has 0 aliphatic carbocycles. The number of hydrogen-bond acceptors (Lipinski definition) is 7. The van der Waals surface area contributed by atoms with Gasteiger partial charge in [-0.1, -0.05) is 84.6 Å². The average Bonchev–Trinajstić information content (AvgIpc) is 4.09. The first-order chi connectivity index (χ1) is 27.8. The van der Waals surface area contributed by atoms with Crippen LogP contribution in [-0.2, 0) is 20.7 Å². The second-order valence-electron chi connectivity index (χ2n) is 14.5. The second-order valence-corrected chi connectivity index (χ2v) is 14.5. The lowest BCUT2D eigenvalue weighted by Crippen LogP contribution is -2.49. The van der Waals surface area contributed by atoms with Crippen molar-refractivity contribution in [2.75, 3.05) is 20.2 Å². The molecule has 288 valence electrons. The Morgan fingerprint density at radius 1 is 0.825 bits per heavy atom. The van der Waals surface area contributed by atoms with Gasteiger partial charge in [-0.2, -0.15) is 0 Å². The Hall–Kier alpha value is -6.71. The van der Waals surface area contributed by atoms with E-state index < -0.39 is 18.2 Å². The fourth-order valence-corrected chi connectivity index (χ4v) is 7.86. The Morgan fingerprint density at radius 3 is 2.19 bits per heavy atom. The number of ether oxygens (including phenoxy) is 1. The fraction of sp³-hybridized carbons (Fsp3) is 0.267. The van der Waals surface area contributed by atoms with Crippen LogP contribution in [0.1, 0.15) is 77.7 Å². The monoisotopic (exact) mass is 760 g/mol. The van der Waals surface area contributed by atoms with Crippen molar-refractivity contribution in [1.82, 2.24) is 35.1 Å². The lowest BCUT2D eigenvalue weighted by atomic mass is 10.0. The number of likely N-dealkylation sites (tertiary alicyclic amines) is 2. The lowest BCUT2D eigenvalue weighted by molar-refractivity contribution is -0.134. The molecule has 12 nitrogen and oxygen atoms in total. The number of aromatic amines is 2. The van der Waals surface area contributed by atoms with E-state index in [1.807, 2.05) is 119 Å². The maximum atomic E-state index is 13.9. The summed E-state index contributed by atoms with van der Waals surface area (Å²) in [6.07, 6.45) is 4.81. The van der Waals surface area contributed by atoms with E-state index >= 15 is 0 Å². The predicted octanol–water partition coefficient (Wildman–Crippen LogP) is 6.35. The van der Waals surface area contributed by atoms with Crippen LogP contribution in [0.5, 0.6) is 0 Å². The van der Waals surface area contributed by atoms with E-state index in [-0.39, 0.29) is 23.9 Å². The molecular weight excluding hydrogens is 717 g/mol. The van der Waals surface area contributed by atoms with Gasteiger partial charge in [0, 0.05) is 30.6 Å². The summed E-state index contributed by atoms with van der Waals surface area (Å²) in [7, 11) is 1.29. The van der Waals surface area contributed by atoms with Crippen molar-refractivity contribution in [3.05, 3.63) is 143 Å². The number of rotatable bonds is 9. The molecule has 2 aromatic heterocycles. The summed E-state index contributed by atoms with van der Waals surface area (Å²) in [5.74, 6) is 7.74. The van der Waals surface area contributed by atoms with Gasteiger partial charge in [0.1, 0.15) is 23.7 Å². The number of H-pyrrole nitrogens is 2. The van der Waals surface area contributed by atoms with Crippen molar-refractivity contribution >= 4 is 28.9 Å². The largest absolute Gasteiger partial charge is 0.453 e. The van der Waals surface area contributed by atoms with E-state index in [0.29, 0.717) is 25.3 Å². The van der Waals surface area contributed by atoms with E-state index in [2.05, 4.69) is 32.1 Å². The number of aromatic nitrogens is 4. The predicted molar refractivity (Wildman–Crippen MR) is 216 cm³/mol. The molecule has 2 aliphatic rings.